The van der Waals surface area contributed by atoms with Crippen molar-refractivity contribution in [3.63, 3.8) is 0 Å². The van der Waals surface area contributed by atoms with E-state index in [1.54, 1.807) is 24.8 Å². The lowest BCUT2D eigenvalue weighted by Gasteiger charge is -2.20. The Balaban J connectivity index is 1.05. The Labute approximate surface area is 282 Å². The van der Waals surface area contributed by atoms with E-state index in [9.17, 15) is 9.18 Å². The van der Waals surface area contributed by atoms with Gasteiger partial charge in [0.1, 0.15) is 29.4 Å². The maximum absolute atomic E-state index is 14.8. The lowest BCUT2D eigenvalue weighted by atomic mass is 9.87. The summed E-state index contributed by atoms with van der Waals surface area (Å²) in [5, 5.41) is 11.5. The first kappa shape index (κ1) is 31.1. The van der Waals surface area contributed by atoms with Crippen LogP contribution in [0.15, 0.2) is 61.2 Å². The Morgan fingerprint density at radius 2 is 1.82 bits per heavy atom. The summed E-state index contributed by atoms with van der Waals surface area (Å²) in [4.78, 5) is 37.0. The SMILES string of the molecule is O=C(CC1CCCCC1)Nc1cncc(-c2cc3c(-c4nc5c(-c6cc(F)cc(OCCN7CCCC7)c6)nccc5[nH]4)n[nH]c3cn2)c1. The first-order valence-electron chi connectivity index (χ1n) is 17.2. The molecule has 2 aliphatic rings. The summed E-state index contributed by atoms with van der Waals surface area (Å²) in [5.41, 5.74) is 5.90. The zero-order valence-corrected chi connectivity index (χ0v) is 27.2. The number of amides is 1. The van der Waals surface area contributed by atoms with Gasteiger partial charge in [-0.1, -0.05) is 19.3 Å². The maximum Gasteiger partial charge on any atom is 0.224 e. The fourth-order valence-corrected chi connectivity index (χ4v) is 7.11. The third kappa shape index (κ3) is 6.86. The summed E-state index contributed by atoms with van der Waals surface area (Å²) in [5.74, 6) is 1.07. The average molecular weight is 660 g/mol. The predicted octanol–water partition coefficient (Wildman–Crippen LogP) is 7.15. The van der Waals surface area contributed by atoms with E-state index in [4.69, 9.17) is 9.72 Å². The van der Waals surface area contributed by atoms with Gasteiger partial charge in [-0.25, -0.2) is 9.37 Å². The zero-order valence-electron chi connectivity index (χ0n) is 27.2. The normalized spacial score (nSPS) is 15.7. The molecule has 6 heterocycles. The molecule has 0 bridgehead atoms. The second-order valence-corrected chi connectivity index (χ2v) is 13.1. The van der Waals surface area contributed by atoms with Crippen LogP contribution >= 0.6 is 0 Å². The number of hydrogen-bond donors (Lipinski definition) is 3. The molecule has 3 N–H and O–H groups in total. The molecule has 1 amide bonds. The van der Waals surface area contributed by atoms with Crippen LogP contribution in [-0.2, 0) is 4.79 Å². The topological polar surface area (TPSA) is 138 Å². The molecule has 250 valence electrons. The molecule has 12 heteroatoms. The van der Waals surface area contributed by atoms with Crippen LogP contribution in [0.3, 0.4) is 0 Å². The van der Waals surface area contributed by atoms with Crippen molar-refractivity contribution >= 4 is 33.5 Å². The standard InChI is InChI=1S/C37H38FN9O2/c38-26-15-24(17-28(18-26)49-13-12-47-10-4-5-11-47)34-36-30(8-9-40-34)43-37(44-36)35-29-19-31(41-22-32(29)45-46-35)25-16-27(21-39-20-25)42-33(48)14-23-6-2-1-3-7-23/h8-9,15-23H,1-7,10-14H2,(H,42,48)(H,43,44)(H,45,46). The number of benzene rings is 1. The number of nitrogens with zero attached hydrogens (tertiary/aromatic N) is 6. The number of aromatic amines is 2. The molecule has 1 aliphatic heterocycles. The molecule has 0 unspecified atom stereocenters. The van der Waals surface area contributed by atoms with Gasteiger partial charge in [-0.15, -0.1) is 0 Å². The fourth-order valence-electron chi connectivity index (χ4n) is 7.11. The van der Waals surface area contributed by atoms with E-state index >= 15 is 0 Å². The van der Waals surface area contributed by atoms with Crippen molar-refractivity contribution in [2.45, 2.75) is 51.4 Å². The highest BCUT2D eigenvalue weighted by molar-refractivity contribution is 5.97. The van der Waals surface area contributed by atoms with Gasteiger partial charge in [-0.05, 0) is 75.0 Å². The smallest absolute Gasteiger partial charge is 0.224 e. The molecule has 0 atom stereocenters. The summed E-state index contributed by atoms with van der Waals surface area (Å²) >= 11 is 0. The highest BCUT2D eigenvalue weighted by atomic mass is 19.1. The molecule has 1 saturated heterocycles. The third-order valence-electron chi connectivity index (χ3n) is 9.61. The van der Waals surface area contributed by atoms with Gasteiger partial charge in [0, 0.05) is 47.9 Å². The molecule has 11 nitrogen and oxygen atoms in total. The summed E-state index contributed by atoms with van der Waals surface area (Å²) in [6.07, 6.45) is 15.7. The molecule has 49 heavy (non-hydrogen) atoms. The number of likely N-dealkylation sites (tertiary alicyclic amines) is 1. The Kier molecular flexibility index (Phi) is 8.69. The van der Waals surface area contributed by atoms with Crippen LogP contribution < -0.4 is 10.1 Å². The summed E-state index contributed by atoms with van der Waals surface area (Å²) in [7, 11) is 0. The van der Waals surface area contributed by atoms with E-state index in [2.05, 4.69) is 40.3 Å². The molecule has 6 aromatic rings. The van der Waals surface area contributed by atoms with Gasteiger partial charge < -0.3 is 15.0 Å². The van der Waals surface area contributed by atoms with E-state index in [0.29, 0.717) is 64.4 Å². The Morgan fingerprint density at radius 3 is 2.69 bits per heavy atom. The number of fused-ring (bicyclic) bond motifs is 2. The zero-order chi connectivity index (χ0) is 33.2. The number of carbonyl (C=O) groups excluding carboxylic acids is 1. The highest BCUT2D eigenvalue weighted by Gasteiger charge is 2.20. The predicted molar refractivity (Wildman–Crippen MR) is 186 cm³/mol. The van der Waals surface area contributed by atoms with Crippen molar-refractivity contribution in [3.8, 4) is 39.8 Å². The molecule has 2 fully saturated rings. The van der Waals surface area contributed by atoms with E-state index in [1.165, 1.54) is 44.2 Å². The van der Waals surface area contributed by atoms with Gasteiger partial charge in [0.2, 0.25) is 5.91 Å². The average Bonchev–Trinajstić information content (AvgIpc) is 3.88. The first-order valence-corrected chi connectivity index (χ1v) is 17.2. The number of ether oxygens (including phenoxy) is 1. The molecule has 5 aromatic heterocycles. The second-order valence-electron chi connectivity index (χ2n) is 13.1. The number of imidazole rings is 1. The summed E-state index contributed by atoms with van der Waals surface area (Å²) in [6.45, 7) is 3.47. The number of H-pyrrole nitrogens is 2. The Hall–Kier alpha value is -5.23. The second kappa shape index (κ2) is 13.7. The molecule has 1 aromatic carbocycles. The molecule has 1 aliphatic carbocycles. The number of hydrogen-bond acceptors (Lipinski definition) is 8. The minimum Gasteiger partial charge on any atom is -0.492 e. The number of carbonyl (C=O) groups is 1. The summed E-state index contributed by atoms with van der Waals surface area (Å²) in [6, 6.07) is 10.3. The van der Waals surface area contributed by atoms with E-state index < -0.39 is 5.82 Å². The van der Waals surface area contributed by atoms with Gasteiger partial charge in [0.05, 0.1) is 40.5 Å². The fraction of sp³-hybridized carbons (Fsp3) is 0.351. The van der Waals surface area contributed by atoms with E-state index in [0.717, 1.165) is 54.5 Å². The third-order valence-corrected chi connectivity index (χ3v) is 9.61. The van der Waals surface area contributed by atoms with Crippen molar-refractivity contribution in [3.05, 3.63) is 67.0 Å². The molecule has 8 rings (SSSR count). The Bertz CT molecular complexity index is 2110. The monoisotopic (exact) mass is 659 g/mol. The molecular formula is C37H38FN9O2. The minimum absolute atomic E-state index is 0.0182. The lowest BCUT2D eigenvalue weighted by Crippen LogP contribution is -2.25. The van der Waals surface area contributed by atoms with Crippen LogP contribution in [0, 0.1) is 11.7 Å². The van der Waals surface area contributed by atoms with Crippen molar-refractivity contribution in [2.24, 2.45) is 5.92 Å². The van der Waals surface area contributed by atoms with Gasteiger partial charge in [0.25, 0.3) is 0 Å². The number of pyridine rings is 3. The number of rotatable bonds is 10. The summed E-state index contributed by atoms with van der Waals surface area (Å²) < 4.78 is 20.8. The van der Waals surface area contributed by atoms with Crippen molar-refractivity contribution in [1.29, 1.82) is 0 Å². The molecule has 1 saturated carbocycles. The van der Waals surface area contributed by atoms with Crippen molar-refractivity contribution in [1.82, 2.24) is 40.0 Å². The van der Waals surface area contributed by atoms with Gasteiger partial charge in [-0.3, -0.25) is 29.7 Å². The first-order chi connectivity index (χ1) is 24.1. The number of aromatic nitrogens is 7. The van der Waals surface area contributed by atoms with Crippen LogP contribution in [0.1, 0.15) is 51.4 Å². The molecular weight excluding hydrogens is 621 g/mol. The number of anilines is 1. The van der Waals surface area contributed by atoms with Crippen LogP contribution in [-0.4, -0.2) is 72.2 Å². The number of nitrogens with one attached hydrogen (secondary N) is 3. The van der Waals surface area contributed by atoms with Crippen molar-refractivity contribution in [2.75, 3.05) is 31.6 Å². The molecule has 0 radical (unpaired) electrons. The van der Waals surface area contributed by atoms with E-state index in [-0.39, 0.29) is 5.91 Å². The quantitative estimate of drug-likeness (QED) is 0.141. The highest BCUT2D eigenvalue weighted by Crippen LogP contribution is 2.33. The van der Waals surface area contributed by atoms with Crippen molar-refractivity contribution < 1.29 is 13.9 Å². The van der Waals surface area contributed by atoms with Crippen LogP contribution in [0.5, 0.6) is 5.75 Å². The minimum atomic E-state index is -0.399. The van der Waals surface area contributed by atoms with Gasteiger partial charge >= 0.3 is 0 Å². The largest absolute Gasteiger partial charge is 0.492 e. The van der Waals surface area contributed by atoms with Gasteiger partial charge in [0.15, 0.2) is 5.82 Å². The maximum atomic E-state index is 14.8. The number of halogens is 1. The lowest BCUT2D eigenvalue weighted by molar-refractivity contribution is -0.117. The van der Waals surface area contributed by atoms with Crippen LogP contribution in [0.4, 0.5) is 10.1 Å². The van der Waals surface area contributed by atoms with Crippen LogP contribution in [0.25, 0.3) is 56.0 Å². The van der Waals surface area contributed by atoms with E-state index in [1.807, 2.05) is 24.3 Å². The van der Waals surface area contributed by atoms with Gasteiger partial charge in [-0.2, -0.15) is 5.10 Å². The Morgan fingerprint density at radius 1 is 0.939 bits per heavy atom. The molecule has 0 spiro atoms. The van der Waals surface area contributed by atoms with Crippen LogP contribution in [0.2, 0.25) is 0 Å².